The van der Waals surface area contributed by atoms with Crippen LogP contribution >= 0.6 is 0 Å². The van der Waals surface area contributed by atoms with Crippen LogP contribution in [0.2, 0.25) is 0 Å². The van der Waals surface area contributed by atoms with Crippen LogP contribution in [0.5, 0.6) is 0 Å². The van der Waals surface area contributed by atoms with E-state index in [1.807, 2.05) is 30.3 Å². The van der Waals surface area contributed by atoms with Crippen molar-refractivity contribution in [3.05, 3.63) is 71.3 Å². The van der Waals surface area contributed by atoms with Crippen LogP contribution in [0.1, 0.15) is 41.3 Å². The average Bonchev–Trinajstić information content (AvgIpc) is 2.53. The monoisotopic (exact) mass is 339 g/mol. The van der Waals surface area contributed by atoms with E-state index in [2.05, 4.69) is 5.32 Å². The summed E-state index contributed by atoms with van der Waals surface area (Å²) in [6.45, 7) is 1.69. The maximum atomic E-state index is 12.4. The minimum atomic E-state index is -1.13. The molecule has 2 aromatic carbocycles. The van der Waals surface area contributed by atoms with E-state index >= 15 is 0 Å². The first-order chi connectivity index (χ1) is 11.8. The van der Waals surface area contributed by atoms with Crippen LogP contribution in [-0.2, 0) is 12.0 Å². The topological polar surface area (TPSA) is 86.6 Å². The largest absolute Gasteiger partial charge is 0.465 e. The van der Waals surface area contributed by atoms with Crippen LogP contribution in [0.3, 0.4) is 0 Å². The second kappa shape index (κ2) is 6.33. The van der Waals surface area contributed by atoms with Crippen molar-refractivity contribution in [3.63, 3.8) is 0 Å². The first kappa shape index (κ1) is 17.2. The van der Waals surface area contributed by atoms with Crippen molar-refractivity contribution in [2.75, 3.05) is 0 Å². The van der Waals surface area contributed by atoms with Crippen molar-refractivity contribution in [1.82, 2.24) is 5.32 Å². The molecule has 0 saturated heterocycles. The summed E-state index contributed by atoms with van der Waals surface area (Å²) in [5.74, 6) is 0.0126. The number of aliphatic hydroxyl groups is 1. The van der Waals surface area contributed by atoms with Gasteiger partial charge in [0.15, 0.2) is 5.78 Å². The number of ketones is 1. The van der Waals surface area contributed by atoms with Gasteiger partial charge in [-0.05, 0) is 18.1 Å². The smallest absolute Gasteiger partial charge is 0.405 e. The molecule has 25 heavy (non-hydrogen) atoms. The van der Waals surface area contributed by atoms with Crippen molar-refractivity contribution in [2.24, 2.45) is 0 Å². The Balaban J connectivity index is 1.77. The van der Waals surface area contributed by atoms with Gasteiger partial charge in [0.2, 0.25) is 0 Å². The van der Waals surface area contributed by atoms with Gasteiger partial charge in [0.1, 0.15) is 0 Å². The third kappa shape index (κ3) is 3.72. The van der Waals surface area contributed by atoms with Crippen molar-refractivity contribution in [1.29, 1.82) is 0 Å². The summed E-state index contributed by atoms with van der Waals surface area (Å²) < 4.78 is 0. The lowest BCUT2D eigenvalue weighted by atomic mass is 9.62. The molecule has 0 unspecified atom stereocenters. The number of nitrogens with one attached hydrogen (secondary N) is 1. The van der Waals surface area contributed by atoms with E-state index < -0.39 is 17.2 Å². The summed E-state index contributed by atoms with van der Waals surface area (Å²) in [5, 5.41) is 21.7. The van der Waals surface area contributed by atoms with E-state index in [1.165, 1.54) is 0 Å². The van der Waals surface area contributed by atoms with Gasteiger partial charge in [0, 0.05) is 24.8 Å². The first-order valence-electron chi connectivity index (χ1n) is 8.21. The number of hydrogen-bond donors (Lipinski definition) is 3. The Bertz CT molecular complexity index is 773. The highest BCUT2D eigenvalue weighted by molar-refractivity contribution is 5.97. The molecule has 1 fully saturated rings. The third-order valence-electron chi connectivity index (χ3n) is 4.68. The van der Waals surface area contributed by atoms with Gasteiger partial charge in [0.25, 0.3) is 0 Å². The lowest BCUT2D eigenvalue weighted by Crippen LogP contribution is -2.61. The molecule has 5 heteroatoms. The predicted molar refractivity (Wildman–Crippen MR) is 93.6 cm³/mol. The molecule has 3 N–H and O–H groups in total. The van der Waals surface area contributed by atoms with E-state index in [1.54, 1.807) is 31.2 Å². The quantitative estimate of drug-likeness (QED) is 0.731. The van der Waals surface area contributed by atoms with Crippen LogP contribution in [0.4, 0.5) is 4.79 Å². The van der Waals surface area contributed by atoms with E-state index in [4.69, 9.17) is 5.11 Å². The highest BCUT2D eigenvalue weighted by atomic mass is 16.4. The van der Waals surface area contributed by atoms with Crippen molar-refractivity contribution in [3.8, 4) is 0 Å². The number of carboxylic acid groups (broad SMARTS) is 1. The van der Waals surface area contributed by atoms with Crippen molar-refractivity contribution < 1.29 is 19.8 Å². The van der Waals surface area contributed by atoms with E-state index in [0.717, 1.165) is 11.1 Å². The minimum Gasteiger partial charge on any atom is -0.465 e. The van der Waals surface area contributed by atoms with Gasteiger partial charge in [-0.1, -0.05) is 54.6 Å². The Morgan fingerprint density at radius 3 is 2.16 bits per heavy atom. The van der Waals surface area contributed by atoms with Gasteiger partial charge >= 0.3 is 6.09 Å². The molecule has 0 heterocycles. The molecule has 3 rings (SSSR count). The summed E-state index contributed by atoms with van der Waals surface area (Å²) in [4.78, 5) is 23.5. The van der Waals surface area contributed by atoms with Crippen LogP contribution < -0.4 is 5.32 Å². The Labute approximate surface area is 146 Å². The van der Waals surface area contributed by atoms with Gasteiger partial charge in [-0.15, -0.1) is 0 Å². The molecular formula is C20H21NO4. The molecule has 1 saturated carbocycles. The molecule has 0 spiro atoms. The number of Topliss-reactive ketones (excluding diaryl/α,β-unsaturated/α-hetero) is 1. The number of carbonyl (C=O) groups is 2. The fourth-order valence-electron chi connectivity index (χ4n) is 3.68. The van der Waals surface area contributed by atoms with Gasteiger partial charge in [-0.2, -0.15) is 0 Å². The zero-order valence-electron chi connectivity index (χ0n) is 14.0. The molecule has 1 aliphatic carbocycles. The molecular weight excluding hydrogens is 318 g/mol. The number of hydrogen-bond acceptors (Lipinski definition) is 3. The molecule has 0 atom stereocenters. The van der Waals surface area contributed by atoms with Gasteiger partial charge in [0.05, 0.1) is 11.1 Å². The maximum Gasteiger partial charge on any atom is 0.405 e. The summed E-state index contributed by atoms with van der Waals surface area (Å²) >= 11 is 0. The number of carbonyl (C=O) groups excluding carboxylic acids is 1. The standard InChI is InChI=1S/C20H21NO4/c1-19(25)12-20(13-19,21-18(23)24)16-9-7-15(8-10-16)17(22)11-14-5-3-2-4-6-14/h2-10,21,25H,11-13H2,1H3,(H,23,24). The van der Waals surface area contributed by atoms with Gasteiger partial charge in [-0.3, -0.25) is 4.79 Å². The third-order valence-corrected chi connectivity index (χ3v) is 4.68. The van der Waals surface area contributed by atoms with E-state index in [0.29, 0.717) is 24.8 Å². The summed E-state index contributed by atoms with van der Waals surface area (Å²) in [7, 11) is 0. The molecule has 5 nitrogen and oxygen atoms in total. The Kier molecular flexibility index (Phi) is 4.35. The highest BCUT2D eigenvalue weighted by Gasteiger charge is 2.53. The van der Waals surface area contributed by atoms with Crippen LogP contribution in [-0.4, -0.2) is 27.7 Å². The van der Waals surface area contributed by atoms with Crippen molar-refractivity contribution >= 4 is 11.9 Å². The summed E-state index contributed by atoms with van der Waals surface area (Å²) in [6.07, 6.45) is -0.180. The van der Waals surface area contributed by atoms with Gasteiger partial charge in [-0.25, -0.2) is 4.79 Å². The molecule has 1 aliphatic rings. The molecule has 1 amide bonds. The predicted octanol–water partition coefficient (Wildman–Crippen LogP) is 3.12. The van der Waals surface area contributed by atoms with Crippen molar-refractivity contribution in [2.45, 2.75) is 37.3 Å². The Morgan fingerprint density at radius 2 is 1.64 bits per heavy atom. The zero-order valence-corrected chi connectivity index (χ0v) is 14.0. The summed E-state index contributed by atoms with van der Waals surface area (Å²) in [5.41, 5.74) is 0.623. The average molecular weight is 339 g/mol. The molecule has 0 aromatic heterocycles. The number of rotatable bonds is 5. The van der Waals surface area contributed by atoms with E-state index in [9.17, 15) is 14.7 Å². The van der Waals surface area contributed by atoms with Crippen LogP contribution in [0, 0.1) is 0 Å². The zero-order chi connectivity index (χ0) is 18.1. The Morgan fingerprint density at radius 1 is 1.04 bits per heavy atom. The lowest BCUT2D eigenvalue weighted by molar-refractivity contribution is -0.0858. The van der Waals surface area contributed by atoms with E-state index in [-0.39, 0.29) is 5.78 Å². The first-order valence-corrected chi connectivity index (χ1v) is 8.21. The normalized spacial score (nSPS) is 25.0. The van der Waals surface area contributed by atoms with Crippen LogP contribution in [0.15, 0.2) is 54.6 Å². The van der Waals surface area contributed by atoms with Crippen LogP contribution in [0.25, 0.3) is 0 Å². The Hall–Kier alpha value is -2.66. The SMILES string of the molecule is CC1(O)CC(NC(=O)O)(c2ccc(C(=O)Cc3ccccc3)cc2)C1. The lowest BCUT2D eigenvalue weighted by Gasteiger charge is -2.51. The number of benzene rings is 2. The molecule has 130 valence electrons. The molecule has 0 radical (unpaired) electrons. The molecule has 0 aliphatic heterocycles. The number of amides is 1. The molecule has 0 bridgehead atoms. The van der Waals surface area contributed by atoms with Gasteiger partial charge < -0.3 is 15.5 Å². The maximum absolute atomic E-state index is 12.4. The second-order valence-electron chi connectivity index (χ2n) is 7.03. The fraction of sp³-hybridized carbons (Fsp3) is 0.300. The minimum absolute atomic E-state index is 0.0126. The second-order valence-corrected chi connectivity index (χ2v) is 7.03. The summed E-state index contributed by atoms with van der Waals surface area (Å²) in [6, 6.07) is 16.5. The molecule has 2 aromatic rings. The fourth-order valence-corrected chi connectivity index (χ4v) is 3.68. The highest BCUT2D eigenvalue weighted by Crippen LogP contribution is 2.48.